The van der Waals surface area contributed by atoms with Crippen molar-refractivity contribution in [3.05, 3.63) is 35.4 Å². The molecule has 0 aliphatic heterocycles. The second-order valence-corrected chi connectivity index (χ2v) is 2.93. The van der Waals surface area contributed by atoms with Gasteiger partial charge in [0.15, 0.2) is 0 Å². The van der Waals surface area contributed by atoms with Crippen LogP contribution in [-0.4, -0.2) is 17.9 Å². The van der Waals surface area contributed by atoms with Crippen molar-refractivity contribution >= 4 is 0 Å². The summed E-state index contributed by atoms with van der Waals surface area (Å²) in [7, 11) is 0. The Morgan fingerprint density at radius 3 is 1.36 bits per heavy atom. The molecule has 4 heteroatoms. The molecule has 0 spiro atoms. The number of rotatable bonds is 0. The lowest BCUT2D eigenvalue weighted by Gasteiger charge is -1.95. The molecule has 14 heavy (non-hydrogen) atoms. The van der Waals surface area contributed by atoms with Gasteiger partial charge in [0.1, 0.15) is 6.61 Å². The minimum Gasteiger partial charge on any atom is -0.387 e. The SMILES string of the molecule is Cc1ccc(C)cc1.OCC(F)(F)F. The standard InChI is InChI=1S/C8H10.C2H3F3O/c1-7-3-5-8(2)6-4-7;3-2(4,5)1-6/h3-6H,1-2H3;6H,1H2. The quantitative estimate of drug-likeness (QED) is 0.692. The molecule has 80 valence electrons. The summed E-state index contributed by atoms with van der Waals surface area (Å²) in [4.78, 5) is 0. The summed E-state index contributed by atoms with van der Waals surface area (Å²) in [6.45, 7) is 2.46. The molecule has 0 aliphatic rings. The van der Waals surface area contributed by atoms with Crippen molar-refractivity contribution in [3.8, 4) is 0 Å². The first-order valence-corrected chi connectivity index (χ1v) is 4.06. The topological polar surface area (TPSA) is 20.2 Å². The van der Waals surface area contributed by atoms with E-state index in [9.17, 15) is 13.2 Å². The van der Waals surface area contributed by atoms with Crippen LogP contribution in [0, 0.1) is 13.8 Å². The van der Waals surface area contributed by atoms with Crippen molar-refractivity contribution in [3.63, 3.8) is 0 Å². The van der Waals surface area contributed by atoms with E-state index in [1.54, 1.807) is 0 Å². The van der Waals surface area contributed by atoms with Gasteiger partial charge in [-0.3, -0.25) is 0 Å². The summed E-state index contributed by atoms with van der Waals surface area (Å²) in [6.07, 6.45) is -4.40. The van der Waals surface area contributed by atoms with Crippen LogP contribution < -0.4 is 0 Å². The van der Waals surface area contributed by atoms with Crippen molar-refractivity contribution in [1.82, 2.24) is 0 Å². The highest BCUT2D eigenvalue weighted by atomic mass is 19.4. The molecule has 0 saturated carbocycles. The van der Waals surface area contributed by atoms with Crippen LogP contribution in [-0.2, 0) is 0 Å². The predicted octanol–water partition coefficient (Wildman–Crippen LogP) is 2.84. The highest BCUT2D eigenvalue weighted by Gasteiger charge is 2.24. The summed E-state index contributed by atoms with van der Waals surface area (Å²) < 4.78 is 31.6. The van der Waals surface area contributed by atoms with Crippen molar-refractivity contribution in [2.24, 2.45) is 0 Å². The number of aryl methyl sites for hydroxylation is 2. The van der Waals surface area contributed by atoms with Gasteiger partial charge < -0.3 is 5.11 Å². The minimum atomic E-state index is -4.40. The summed E-state index contributed by atoms with van der Waals surface area (Å²) in [5.41, 5.74) is 2.66. The van der Waals surface area contributed by atoms with E-state index < -0.39 is 12.8 Å². The van der Waals surface area contributed by atoms with Crippen LogP contribution >= 0.6 is 0 Å². The molecular formula is C10H13F3O. The lowest BCUT2D eigenvalue weighted by Crippen LogP contribution is -2.12. The molecule has 0 bridgehead atoms. The van der Waals surface area contributed by atoms with Gasteiger partial charge in [0.2, 0.25) is 0 Å². The fourth-order valence-electron chi connectivity index (χ4n) is 0.637. The Morgan fingerprint density at radius 2 is 1.21 bits per heavy atom. The van der Waals surface area contributed by atoms with Gasteiger partial charge in [-0.25, -0.2) is 0 Å². The molecule has 0 heterocycles. The zero-order chi connectivity index (χ0) is 11.2. The van der Waals surface area contributed by atoms with Gasteiger partial charge in [0.05, 0.1) is 0 Å². The maximum atomic E-state index is 10.5. The molecule has 0 aromatic heterocycles. The monoisotopic (exact) mass is 206 g/mol. The molecule has 1 aromatic carbocycles. The number of alkyl halides is 3. The van der Waals surface area contributed by atoms with E-state index in [-0.39, 0.29) is 0 Å². The van der Waals surface area contributed by atoms with Crippen molar-refractivity contribution in [1.29, 1.82) is 0 Å². The van der Waals surface area contributed by atoms with E-state index in [4.69, 9.17) is 5.11 Å². The molecule has 0 fully saturated rings. The molecule has 0 saturated heterocycles. The first-order chi connectivity index (χ1) is 6.35. The van der Waals surface area contributed by atoms with Gasteiger partial charge in [0, 0.05) is 0 Å². The van der Waals surface area contributed by atoms with Crippen LogP contribution in [0.2, 0.25) is 0 Å². The maximum Gasteiger partial charge on any atom is 0.411 e. The highest BCUT2D eigenvalue weighted by molar-refractivity contribution is 5.19. The third-order valence-electron chi connectivity index (χ3n) is 1.40. The van der Waals surface area contributed by atoms with E-state index in [1.165, 1.54) is 11.1 Å². The van der Waals surface area contributed by atoms with Crippen LogP contribution in [0.5, 0.6) is 0 Å². The van der Waals surface area contributed by atoms with E-state index >= 15 is 0 Å². The van der Waals surface area contributed by atoms with Crippen molar-refractivity contribution in [2.45, 2.75) is 20.0 Å². The molecule has 1 N–H and O–H groups in total. The second-order valence-electron chi connectivity index (χ2n) is 2.93. The highest BCUT2D eigenvalue weighted by Crippen LogP contribution is 2.11. The lowest BCUT2D eigenvalue weighted by molar-refractivity contribution is -0.159. The van der Waals surface area contributed by atoms with Gasteiger partial charge in [0.25, 0.3) is 0 Å². The Hall–Kier alpha value is -1.03. The van der Waals surface area contributed by atoms with E-state index in [0.717, 1.165) is 0 Å². The maximum absolute atomic E-state index is 10.5. The largest absolute Gasteiger partial charge is 0.411 e. The van der Waals surface area contributed by atoms with Gasteiger partial charge >= 0.3 is 6.18 Å². The average Bonchev–Trinajstić information content (AvgIpc) is 2.10. The predicted molar refractivity (Wildman–Crippen MR) is 49.1 cm³/mol. The van der Waals surface area contributed by atoms with Crippen molar-refractivity contribution in [2.75, 3.05) is 6.61 Å². The summed E-state index contributed by atoms with van der Waals surface area (Å²) in [5.74, 6) is 0. The number of halogens is 3. The molecule has 1 rings (SSSR count). The van der Waals surface area contributed by atoms with Crippen LogP contribution in [0.4, 0.5) is 13.2 Å². The Morgan fingerprint density at radius 1 is 1.00 bits per heavy atom. The van der Waals surface area contributed by atoms with E-state index in [2.05, 4.69) is 38.1 Å². The summed E-state index contributed by atoms with van der Waals surface area (Å²) in [5, 5.41) is 7.28. The number of aliphatic hydroxyl groups is 1. The Kier molecular flexibility index (Phi) is 5.23. The molecular weight excluding hydrogens is 193 g/mol. The number of hydrogen-bond acceptors (Lipinski definition) is 1. The average molecular weight is 206 g/mol. The fourth-order valence-corrected chi connectivity index (χ4v) is 0.637. The number of hydrogen-bond donors (Lipinski definition) is 1. The molecule has 0 aliphatic carbocycles. The van der Waals surface area contributed by atoms with Gasteiger partial charge in [-0.15, -0.1) is 0 Å². The summed E-state index contributed by atoms with van der Waals surface area (Å²) >= 11 is 0. The van der Waals surface area contributed by atoms with E-state index in [1.807, 2.05) is 0 Å². The number of benzene rings is 1. The van der Waals surface area contributed by atoms with Crippen LogP contribution in [0.1, 0.15) is 11.1 Å². The Balaban J connectivity index is 0.000000255. The normalized spacial score (nSPS) is 10.4. The van der Waals surface area contributed by atoms with Gasteiger partial charge in [-0.05, 0) is 13.8 Å². The molecule has 0 radical (unpaired) electrons. The smallest absolute Gasteiger partial charge is 0.387 e. The Labute approximate surface area is 81.2 Å². The number of aliphatic hydroxyl groups excluding tert-OH is 1. The van der Waals surface area contributed by atoms with E-state index in [0.29, 0.717) is 0 Å². The molecule has 0 atom stereocenters. The second kappa shape index (κ2) is 5.65. The summed E-state index contributed by atoms with van der Waals surface area (Å²) in [6, 6.07) is 8.48. The third kappa shape index (κ3) is 7.61. The fraction of sp³-hybridized carbons (Fsp3) is 0.400. The first-order valence-electron chi connectivity index (χ1n) is 4.06. The zero-order valence-electron chi connectivity index (χ0n) is 8.10. The molecule has 0 amide bonds. The van der Waals surface area contributed by atoms with Crippen LogP contribution in [0.3, 0.4) is 0 Å². The van der Waals surface area contributed by atoms with Crippen LogP contribution in [0.25, 0.3) is 0 Å². The third-order valence-corrected chi connectivity index (χ3v) is 1.40. The Bertz CT molecular complexity index is 230. The van der Waals surface area contributed by atoms with Crippen molar-refractivity contribution < 1.29 is 18.3 Å². The molecule has 0 unspecified atom stereocenters. The van der Waals surface area contributed by atoms with Gasteiger partial charge in [-0.1, -0.05) is 35.4 Å². The van der Waals surface area contributed by atoms with Crippen LogP contribution in [0.15, 0.2) is 24.3 Å². The zero-order valence-corrected chi connectivity index (χ0v) is 8.10. The van der Waals surface area contributed by atoms with Gasteiger partial charge in [-0.2, -0.15) is 13.2 Å². The molecule has 1 aromatic rings. The first kappa shape index (κ1) is 13.0. The molecule has 1 nitrogen and oxygen atoms in total. The minimum absolute atomic E-state index is 1.33. The lowest BCUT2D eigenvalue weighted by atomic mass is 10.2.